The number of rotatable bonds is 8. The number of nitrogens with zero attached hydrogens (tertiary/aromatic N) is 1. The number of hydrogen-bond acceptors (Lipinski definition) is 5. The van der Waals surface area contributed by atoms with Crippen molar-refractivity contribution in [3.63, 3.8) is 0 Å². The first-order valence-corrected chi connectivity index (χ1v) is 7.66. The zero-order valence-electron chi connectivity index (χ0n) is 10.9. The van der Waals surface area contributed by atoms with E-state index in [1.54, 1.807) is 20.8 Å². The summed E-state index contributed by atoms with van der Waals surface area (Å²) in [5, 5.41) is 0. The van der Waals surface area contributed by atoms with Crippen LogP contribution in [0.1, 0.15) is 27.2 Å². The molecule has 0 heterocycles. The van der Waals surface area contributed by atoms with Crippen LogP contribution in [0.25, 0.3) is 0 Å². The second-order valence-electron chi connectivity index (χ2n) is 3.98. The Hall–Kier alpha value is -0.730. The molecule has 0 aromatic rings. The van der Waals surface area contributed by atoms with E-state index in [1.165, 1.54) is 4.31 Å². The van der Waals surface area contributed by atoms with E-state index in [1.807, 2.05) is 0 Å². The minimum absolute atomic E-state index is 0.0157. The summed E-state index contributed by atoms with van der Waals surface area (Å²) in [4.78, 5) is 11.2. The molecule has 6 nitrogen and oxygen atoms in total. The topological polar surface area (TPSA) is 89.7 Å². The second-order valence-corrected chi connectivity index (χ2v) is 6.54. The highest BCUT2D eigenvalue weighted by Gasteiger charge is 2.26. The molecule has 0 amide bonds. The van der Waals surface area contributed by atoms with Crippen LogP contribution in [0.15, 0.2) is 0 Å². The summed E-state index contributed by atoms with van der Waals surface area (Å²) >= 11 is 4.72. The van der Waals surface area contributed by atoms with Crippen LogP contribution in [-0.4, -0.2) is 48.6 Å². The molecule has 8 heteroatoms. The van der Waals surface area contributed by atoms with Gasteiger partial charge in [-0.3, -0.25) is 4.79 Å². The van der Waals surface area contributed by atoms with E-state index in [-0.39, 0.29) is 36.4 Å². The summed E-state index contributed by atoms with van der Waals surface area (Å²) in [6, 6.07) is -0.265. The van der Waals surface area contributed by atoms with Crippen LogP contribution in [0.5, 0.6) is 0 Å². The molecule has 0 saturated carbocycles. The van der Waals surface area contributed by atoms with E-state index in [4.69, 9.17) is 18.0 Å². The van der Waals surface area contributed by atoms with Gasteiger partial charge in [0.15, 0.2) is 0 Å². The zero-order chi connectivity index (χ0) is 14.3. The van der Waals surface area contributed by atoms with Crippen LogP contribution in [0, 0.1) is 0 Å². The van der Waals surface area contributed by atoms with Crippen LogP contribution in [0.2, 0.25) is 0 Å². The molecule has 0 fully saturated rings. The van der Waals surface area contributed by atoms with E-state index in [0.29, 0.717) is 0 Å². The van der Waals surface area contributed by atoms with Gasteiger partial charge < -0.3 is 10.5 Å². The lowest BCUT2D eigenvalue weighted by Gasteiger charge is -2.25. The molecule has 0 rings (SSSR count). The Balaban J connectivity index is 4.66. The van der Waals surface area contributed by atoms with Crippen molar-refractivity contribution in [2.45, 2.75) is 33.2 Å². The predicted octanol–water partition coefficient (Wildman–Crippen LogP) is 0.266. The maximum atomic E-state index is 12.0. The van der Waals surface area contributed by atoms with Gasteiger partial charge >= 0.3 is 5.97 Å². The number of sulfonamides is 1. The Morgan fingerprint density at radius 3 is 2.39 bits per heavy atom. The van der Waals surface area contributed by atoms with Crippen LogP contribution in [0.3, 0.4) is 0 Å². The smallest absolute Gasteiger partial charge is 0.306 e. The number of ether oxygens (including phenoxy) is 1. The van der Waals surface area contributed by atoms with Gasteiger partial charge in [-0.05, 0) is 20.8 Å². The summed E-state index contributed by atoms with van der Waals surface area (Å²) in [5.41, 5.74) is 5.37. The van der Waals surface area contributed by atoms with Gasteiger partial charge in [-0.2, -0.15) is 4.31 Å². The van der Waals surface area contributed by atoms with E-state index in [2.05, 4.69) is 4.74 Å². The fourth-order valence-electron chi connectivity index (χ4n) is 1.32. The molecule has 0 unspecified atom stereocenters. The summed E-state index contributed by atoms with van der Waals surface area (Å²) in [7, 11) is -3.57. The highest BCUT2D eigenvalue weighted by atomic mass is 32.2. The third-order valence-corrected chi connectivity index (χ3v) is 4.23. The Morgan fingerprint density at radius 2 is 2.00 bits per heavy atom. The van der Waals surface area contributed by atoms with Crippen LogP contribution in [-0.2, 0) is 19.6 Å². The lowest BCUT2D eigenvalue weighted by Crippen LogP contribution is -2.43. The molecule has 0 atom stereocenters. The van der Waals surface area contributed by atoms with Crippen LogP contribution >= 0.6 is 12.2 Å². The minimum Gasteiger partial charge on any atom is -0.466 e. The SMILES string of the molecule is CCOC(=O)CCS(=O)(=O)N(CC(N)=S)C(C)C. The lowest BCUT2D eigenvalue weighted by molar-refractivity contribution is -0.142. The first-order chi connectivity index (χ1) is 8.20. The Bertz CT molecular complexity index is 393. The van der Waals surface area contributed by atoms with Crippen molar-refractivity contribution < 1.29 is 17.9 Å². The second kappa shape index (κ2) is 7.65. The average molecular weight is 296 g/mol. The van der Waals surface area contributed by atoms with E-state index in [9.17, 15) is 13.2 Å². The number of carbonyl (C=O) groups excluding carboxylic acids is 1. The van der Waals surface area contributed by atoms with Gasteiger partial charge in [0.2, 0.25) is 10.0 Å². The van der Waals surface area contributed by atoms with E-state index < -0.39 is 16.0 Å². The maximum absolute atomic E-state index is 12.0. The number of hydrogen-bond donors (Lipinski definition) is 1. The molecule has 0 bridgehead atoms. The summed E-state index contributed by atoms with van der Waals surface area (Å²) < 4.78 is 29.9. The lowest BCUT2D eigenvalue weighted by atomic mass is 10.4. The number of esters is 1. The fraction of sp³-hybridized carbons (Fsp3) is 0.800. The van der Waals surface area contributed by atoms with Crippen LogP contribution < -0.4 is 5.73 Å². The van der Waals surface area contributed by atoms with Gasteiger partial charge in [0.05, 0.1) is 30.3 Å². The number of thiocarbonyl (C=S) groups is 1. The molecule has 0 aromatic heterocycles. The fourth-order valence-corrected chi connectivity index (χ4v) is 3.18. The summed E-state index contributed by atoms with van der Waals surface area (Å²) in [5.74, 6) is -0.827. The quantitative estimate of drug-likeness (QED) is 0.511. The van der Waals surface area contributed by atoms with Gasteiger partial charge in [-0.15, -0.1) is 0 Å². The molecule has 0 aliphatic heterocycles. The van der Waals surface area contributed by atoms with Gasteiger partial charge in [-0.1, -0.05) is 12.2 Å². The summed E-state index contributed by atoms with van der Waals surface area (Å²) in [6.07, 6.45) is -0.170. The minimum atomic E-state index is -3.57. The predicted molar refractivity (Wildman–Crippen MR) is 73.7 cm³/mol. The monoisotopic (exact) mass is 296 g/mol. The average Bonchev–Trinajstić information content (AvgIpc) is 2.23. The largest absolute Gasteiger partial charge is 0.466 e. The summed E-state index contributed by atoms with van der Waals surface area (Å²) in [6.45, 7) is 5.33. The maximum Gasteiger partial charge on any atom is 0.306 e. The molecule has 106 valence electrons. The molecular weight excluding hydrogens is 276 g/mol. The van der Waals surface area contributed by atoms with Crippen molar-refractivity contribution >= 4 is 33.2 Å². The zero-order valence-corrected chi connectivity index (χ0v) is 12.5. The highest BCUT2D eigenvalue weighted by Crippen LogP contribution is 2.09. The molecule has 0 saturated heterocycles. The molecule has 2 N–H and O–H groups in total. The van der Waals surface area contributed by atoms with E-state index >= 15 is 0 Å². The third-order valence-electron chi connectivity index (χ3n) is 2.11. The molecular formula is C10H20N2O4S2. The van der Waals surface area contributed by atoms with Gasteiger partial charge in [0.1, 0.15) is 0 Å². The molecule has 0 aliphatic rings. The molecule has 0 spiro atoms. The molecule has 0 aliphatic carbocycles. The highest BCUT2D eigenvalue weighted by molar-refractivity contribution is 7.89. The molecule has 18 heavy (non-hydrogen) atoms. The Labute approximate surface area is 114 Å². The first-order valence-electron chi connectivity index (χ1n) is 5.64. The van der Waals surface area contributed by atoms with Crippen molar-refractivity contribution in [2.75, 3.05) is 18.9 Å². The van der Waals surface area contributed by atoms with Gasteiger partial charge in [0, 0.05) is 6.04 Å². The normalized spacial score (nSPS) is 11.8. The van der Waals surface area contributed by atoms with Crippen molar-refractivity contribution in [3.05, 3.63) is 0 Å². The standard InChI is InChI=1S/C10H20N2O4S2/c1-4-16-10(13)5-6-18(14,15)12(8(2)3)7-9(11)17/h8H,4-7H2,1-3H3,(H2,11,17). The number of nitrogens with two attached hydrogens (primary N) is 1. The van der Waals surface area contributed by atoms with E-state index in [0.717, 1.165) is 0 Å². The number of carbonyl (C=O) groups is 1. The van der Waals surface area contributed by atoms with Crippen LogP contribution in [0.4, 0.5) is 0 Å². The van der Waals surface area contributed by atoms with Crippen molar-refractivity contribution in [1.29, 1.82) is 0 Å². The van der Waals surface area contributed by atoms with Crippen molar-refractivity contribution in [3.8, 4) is 0 Å². The molecule has 0 aromatic carbocycles. The third kappa shape index (κ3) is 6.27. The molecule has 0 radical (unpaired) electrons. The van der Waals surface area contributed by atoms with Crippen molar-refractivity contribution in [1.82, 2.24) is 4.31 Å². The Kier molecular flexibility index (Phi) is 7.34. The van der Waals surface area contributed by atoms with Crippen molar-refractivity contribution in [2.24, 2.45) is 5.73 Å². The van der Waals surface area contributed by atoms with Gasteiger partial charge in [-0.25, -0.2) is 8.42 Å². The van der Waals surface area contributed by atoms with Gasteiger partial charge in [0.25, 0.3) is 0 Å². The first kappa shape index (κ1) is 17.3. The Morgan fingerprint density at radius 1 is 1.44 bits per heavy atom.